The molecular formula is C14H18ClN. The molecule has 1 aromatic carbocycles. The molecule has 1 atom stereocenters. The summed E-state index contributed by atoms with van der Waals surface area (Å²) in [6.45, 7) is 2.30. The van der Waals surface area contributed by atoms with E-state index in [0.717, 1.165) is 11.6 Å². The maximum Gasteiger partial charge on any atom is 0.0443 e. The minimum Gasteiger partial charge on any atom is -0.316 e. The predicted molar refractivity (Wildman–Crippen MR) is 68.3 cm³/mol. The molecule has 1 aliphatic heterocycles. The third-order valence-corrected chi connectivity index (χ3v) is 4.29. The van der Waals surface area contributed by atoms with Crippen LogP contribution in [0.25, 0.3) is 0 Å². The lowest BCUT2D eigenvalue weighted by atomic mass is 9.90. The third-order valence-electron chi connectivity index (χ3n) is 3.95. The number of benzene rings is 1. The average Bonchev–Trinajstić information content (AvgIpc) is 2.79. The molecule has 0 radical (unpaired) electrons. The van der Waals surface area contributed by atoms with Crippen LogP contribution in [0.5, 0.6) is 0 Å². The number of hydrogen-bond acceptors (Lipinski definition) is 1. The first-order chi connectivity index (χ1) is 7.84. The van der Waals surface area contributed by atoms with E-state index in [2.05, 4.69) is 17.4 Å². The van der Waals surface area contributed by atoms with Crippen molar-refractivity contribution in [3.63, 3.8) is 0 Å². The quantitative estimate of drug-likeness (QED) is 0.788. The molecule has 3 rings (SSSR count). The number of fused-ring (bicyclic) bond motifs is 1. The van der Waals surface area contributed by atoms with Crippen LogP contribution in [0.2, 0.25) is 5.02 Å². The van der Waals surface area contributed by atoms with Crippen LogP contribution in [0.1, 0.15) is 41.9 Å². The molecule has 2 heteroatoms. The van der Waals surface area contributed by atoms with E-state index < -0.39 is 0 Å². The Balaban J connectivity index is 1.92. The van der Waals surface area contributed by atoms with Crippen LogP contribution in [0.3, 0.4) is 0 Å². The maximum absolute atomic E-state index is 6.37. The first-order valence-electron chi connectivity index (χ1n) is 6.36. The largest absolute Gasteiger partial charge is 0.316 e. The normalized spacial score (nSPS) is 24.4. The summed E-state index contributed by atoms with van der Waals surface area (Å²) in [5.41, 5.74) is 4.38. The fourth-order valence-electron chi connectivity index (χ4n) is 3.05. The van der Waals surface area contributed by atoms with Gasteiger partial charge in [0.1, 0.15) is 0 Å². The monoisotopic (exact) mass is 235 g/mol. The van der Waals surface area contributed by atoms with E-state index >= 15 is 0 Å². The molecule has 0 aromatic heterocycles. The van der Waals surface area contributed by atoms with Crippen LogP contribution >= 0.6 is 11.6 Å². The highest BCUT2D eigenvalue weighted by atomic mass is 35.5. The first-order valence-corrected chi connectivity index (χ1v) is 6.74. The van der Waals surface area contributed by atoms with Crippen LogP contribution in [-0.2, 0) is 12.8 Å². The lowest BCUT2D eigenvalue weighted by molar-refractivity contribution is 0.461. The molecule has 1 N–H and O–H groups in total. The molecule has 1 nitrogen and oxygen atoms in total. The van der Waals surface area contributed by atoms with Gasteiger partial charge in [0.25, 0.3) is 0 Å². The molecule has 0 amide bonds. The van der Waals surface area contributed by atoms with Crippen LogP contribution in [0.15, 0.2) is 12.1 Å². The van der Waals surface area contributed by atoms with Crippen molar-refractivity contribution in [1.29, 1.82) is 0 Å². The molecule has 2 aliphatic rings. The van der Waals surface area contributed by atoms with Crippen molar-refractivity contribution >= 4 is 11.6 Å². The Kier molecular flexibility index (Phi) is 2.91. The number of hydrogen-bond donors (Lipinski definition) is 1. The Labute approximate surface area is 102 Å². The fourth-order valence-corrected chi connectivity index (χ4v) is 3.39. The number of aryl methyl sites for hydroxylation is 1. The summed E-state index contributed by atoms with van der Waals surface area (Å²) in [5.74, 6) is 0.678. The van der Waals surface area contributed by atoms with E-state index in [0.29, 0.717) is 5.92 Å². The molecule has 1 aromatic rings. The van der Waals surface area contributed by atoms with Gasteiger partial charge in [0.05, 0.1) is 0 Å². The van der Waals surface area contributed by atoms with Gasteiger partial charge in [-0.15, -0.1) is 0 Å². The fraction of sp³-hybridized carbons (Fsp3) is 0.571. The number of rotatable bonds is 1. The summed E-state index contributed by atoms with van der Waals surface area (Å²) >= 11 is 6.37. The van der Waals surface area contributed by atoms with Gasteiger partial charge in [-0.25, -0.2) is 0 Å². The highest BCUT2D eigenvalue weighted by Crippen LogP contribution is 2.34. The zero-order chi connectivity index (χ0) is 11.0. The van der Waals surface area contributed by atoms with Gasteiger partial charge in [-0.1, -0.05) is 17.7 Å². The van der Waals surface area contributed by atoms with Gasteiger partial charge in [-0.3, -0.25) is 0 Å². The van der Waals surface area contributed by atoms with Crippen LogP contribution in [0, 0.1) is 0 Å². The zero-order valence-electron chi connectivity index (χ0n) is 9.56. The van der Waals surface area contributed by atoms with E-state index in [1.807, 2.05) is 0 Å². The highest BCUT2D eigenvalue weighted by molar-refractivity contribution is 6.31. The molecule has 1 fully saturated rings. The second-order valence-corrected chi connectivity index (χ2v) is 5.44. The highest BCUT2D eigenvalue weighted by Gasteiger charge is 2.20. The molecule has 0 spiro atoms. The van der Waals surface area contributed by atoms with Crippen LogP contribution in [0.4, 0.5) is 0 Å². The lowest BCUT2D eigenvalue weighted by Crippen LogP contribution is -2.28. The number of nitrogens with one attached hydrogen (secondary N) is 1. The summed E-state index contributed by atoms with van der Waals surface area (Å²) in [6.07, 6.45) is 6.28. The molecule has 1 unspecified atom stereocenters. The van der Waals surface area contributed by atoms with Gasteiger partial charge in [-0.2, -0.15) is 0 Å². The van der Waals surface area contributed by atoms with E-state index in [4.69, 9.17) is 11.6 Å². The predicted octanol–water partition coefficient (Wildman–Crippen LogP) is 3.30. The van der Waals surface area contributed by atoms with Crippen molar-refractivity contribution < 1.29 is 0 Å². The summed E-state index contributed by atoms with van der Waals surface area (Å²) in [7, 11) is 0. The number of halogens is 1. The average molecular weight is 236 g/mol. The Bertz CT molecular complexity index is 394. The lowest BCUT2D eigenvalue weighted by Gasteiger charge is -2.24. The van der Waals surface area contributed by atoms with E-state index in [9.17, 15) is 0 Å². The molecule has 0 saturated carbocycles. The second kappa shape index (κ2) is 4.38. The van der Waals surface area contributed by atoms with Crippen molar-refractivity contribution in [1.82, 2.24) is 5.32 Å². The van der Waals surface area contributed by atoms with Crippen molar-refractivity contribution in [3.8, 4) is 0 Å². The molecule has 86 valence electrons. The summed E-state index contributed by atoms with van der Waals surface area (Å²) in [6, 6.07) is 4.62. The molecular weight excluding hydrogens is 218 g/mol. The molecule has 1 saturated heterocycles. The summed E-state index contributed by atoms with van der Waals surface area (Å²) in [5, 5.41) is 4.49. The first kappa shape index (κ1) is 10.6. The van der Waals surface area contributed by atoms with E-state index in [1.165, 1.54) is 55.3 Å². The van der Waals surface area contributed by atoms with Gasteiger partial charge in [0.15, 0.2) is 0 Å². The summed E-state index contributed by atoms with van der Waals surface area (Å²) in [4.78, 5) is 0. The molecule has 0 bridgehead atoms. The van der Waals surface area contributed by atoms with E-state index in [1.54, 1.807) is 0 Å². The standard InChI is InChI=1S/C14H18ClN/c15-14-8-12(11-4-2-6-16-9-11)7-10-3-1-5-13(10)14/h7-8,11,16H,1-6,9H2. The zero-order valence-corrected chi connectivity index (χ0v) is 10.3. The minimum absolute atomic E-state index is 0.678. The van der Waals surface area contributed by atoms with Gasteiger partial charge in [-0.05, 0) is 67.3 Å². The van der Waals surface area contributed by atoms with Crippen molar-refractivity contribution in [2.24, 2.45) is 0 Å². The Hall–Kier alpha value is -0.530. The van der Waals surface area contributed by atoms with Gasteiger partial charge >= 0.3 is 0 Å². The Morgan fingerprint density at radius 2 is 2.12 bits per heavy atom. The van der Waals surface area contributed by atoms with Gasteiger partial charge in [0.2, 0.25) is 0 Å². The SMILES string of the molecule is Clc1cc(C2CCCNC2)cc2c1CCC2. The van der Waals surface area contributed by atoms with Crippen LogP contribution < -0.4 is 5.32 Å². The minimum atomic E-state index is 0.678. The summed E-state index contributed by atoms with van der Waals surface area (Å²) < 4.78 is 0. The third kappa shape index (κ3) is 1.87. The molecule has 1 aliphatic carbocycles. The topological polar surface area (TPSA) is 12.0 Å². The smallest absolute Gasteiger partial charge is 0.0443 e. The maximum atomic E-state index is 6.37. The van der Waals surface area contributed by atoms with Crippen molar-refractivity contribution in [3.05, 3.63) is 33.8 Å². The van der Waals surface area contributed by atoms with Crippen LogP contribution in [-0.4, -0.2) is 13.1 Å². The molecule has 1 heterocycles. The Morgan fingerprint density at radius 3 is 2.94 bits per heavy atom. The second-order valence-electron chi connectivity index (χ2n) is 5.04. The van der Waals surface area contributed by atoms with Gasteiger partial charge in [0, 0.05) is 11.6 Å². The van der Waals surface area contributed by atoms with Crippen molar-refractivity contribution in [2.45, 2.75) is 38.0 Å². The number of piperidine rings is 1. The Morgan fingerprint density at radius 1 is 1.19 bits per heavy atom. The van der Waals surface area contributed by atoms with E-state index in [-0.39, 0.29) is 0 Å². The van der Waals surface area contributed by atoms with Gasteiger partial charge < -0.3 is 5.32 Å². The molecule has 16 heavy (non-hydrogen) atoms. The van der Waals surface area contributed by atoms with Crippen molar-refractivity contribution in [2.75, 3.05) is 13.1 Å².